The average Bonchev–Trinajstić information content (AvgIpc) is 2.47. The number of nitrogens with one attached hydrogen (secondary N) is 1. The van der Waals surface area contributed by atoms with Gasteiger partial charge in [0.1, 0.15) is 10.6 Å². The second kappa shape index (κ2) is 7.00. The van der Waals surface area contributed by atoms with E-state index in [1.807, 2.05) is 24.3 Å². The molecular formula is C15H15BrClNO3S. The first kappa shape index (κ1) is 17.3. The summed E-state index contributed by atoms with van der Waals surface area (Å²) >= 11 is 9.25. The highest BCUT2D eigenvalue weighted by atomic mass is 79.9. The van der Waals surface area contributed by atoms with Crippen LogP contribution < -0.4 is 9.46 Å². The minimum atomic E-state index is -3.75. The number of benzene rings is 2. The van der Waals surface area contributed by atoms with Crippen LogP contribution in [0.25, 0.3) is 0 Å². The molecule has 2 aromatic carbocycles. The van der Waals surface area contributed by atoms with Crippen molar-refractivity contribution in [2.45, 2.75) is 17.9 Å². The summed E-state index contributed by atoms with van der Waals surface area (Å²) in [4.78, 5) is 0.0199. The largest absolute Gasteiger partial charge is 0.495 e. The molecule has 118 valence electrons. The van der Waals surface area contributed by atoms with E-state index in [4.69, 9.17) is 16.3 Å². The van der Waals surface area contributed by atoms with Gasteiger partial charge >= 0.3 is 0 Å². The standard InChI is InChI=1S/C15H15BrClNO3S/c1-10(11-3-5-12(16)6-4-11)18-22(19,20)15-9-13(17)7-8-14(15)21-2/h3-10,18H,1-2H3/t10-/m1/s1. The fraction of sp³-hybridized carbons (Fsp3) is 0.200. The molecule has 2 aromatic rings. The maximum absolute atomic E-state index is 12.6. The number of hydrogen-bond donors (Lipinski definition) is 1. The molecule has 22 heavy (non-hydrogen) atoms. The molecule has 0 amide bonds. The first-order valence-corrected chi connectivity index (χ1v) is 9.10. The minimum Gasteiger partial charge on any atom is -0.495 e. The van der Waals surface area contributed by atoms with Crippen LogP contribution in [0.15, 0.2) is 51.8 Å². The molecule has 0 aliphatic heterocycles. The Hall–Kier alpha value is -1.08. The average molecular weight is 405 g/mol. The van der Waals surface area contributed by atoms with Crippen molar-refractivity contribution in [3.8, 4) is 5.75 Å². The van der Waals surface area contributed by atoms with Crippen LogP contribution in [-0.4, -0.2) is 15.5 Å². The zero-order valence-electron chi connectivity index (χ0n) is 12.0. The Labute approximate surface area is 143 Å². The van der Waals surface area contributed by atoms with E-state index in [0.717, 1.165) is 10.0 Å². The molecule has 0 aliphatic rings. The van der Waals surface area contributed by atoms with Crippen molar-refractivity contribution in [3.05, 3.63) is 57.5 Å². The van der Waals surface area contributed by atoms with Crippen LogP contribution in [0.1, 0.15) is 18.5 Å². The van der Waals surface area contributed by atoms with E-state index in [9.17, 15) is 8.42 Å². The highest BCUT2D eigenvalue weighted by molar-refractivity contribution is 9.10. The third-order valence-electron chi connectivity index (χ3n) is 3.12. The van der Waals surface area contributed by atoms with Crippen LogP contribution in [0.3, 0.4) is 0 Å². The monoisotopic (exact) mass is 403 g/mol. The summed E-state index contributed by atoms with van der Waals surface area (Å²) in [5, 5.41) is 0.331. The van der Waals surface area contributed by atoms with Crippen LogP contribution in [0.2, 0.25) is 5.02 Å². The highest BCUT2D eigenvalue weighted by Gasteiger charge is 2.22. The zero-order valence-corrected chi connectivity index (χ0v) is 15.2. The molecule has 0 heterocycles. The van der Waals surface area contributed by atoms with Gasteiger partial charge in [-0.15, -0.1) is 0 Å². The lowest BCUT2D eigenvalue weighted by Gasteiger charge is -2.16. The molecule has 0 saturated carbocycles. The Kier molecular flexibility index (Phi) is 5.50. The van der Waals surface area contributed by atoms with Gasteiger partial charge in [-0.3, -0.25) is 0 Å². The second-order valence-corrected chi connectivity index (χ2v) is 7.72. The van der Waals surface area contributed by atoms with Crippen LogP contribution in [-0.2, 0) is 10.0 Å². The molecule has 0 bridgehead atoms. The summed E-state index contributed by atoms with van der Waals surface area (Å²) in [6.45, 7) is 1.78. The maximum atomic E-state index is 12.6. The predicted molar refractivity (Wildman–Crippen MR) is 90.9 cm³/mol. The van der Waals surface area contributed by atoms with Crippen LogP contribution in [0.4, 0.5) is 0 Å². The summed E-state index contributed by atoms with van der Waals surface area (Å²) in [7, 11) is -2.34. The predicted octanol–water partition coefficient (Wildman–Crippen LogP) is 4.15. The fourth-order valence-corrected chi connectivity index (χ4v) is 3.90. The van der Waals surface area contributed by atoms with E-state index in [1.165, 1.54) is 19.2 Å². The maximum Gasteiger partial charge on any atom is 0.244 e. The second-order valence-electron chi connectivity index (χ2n) is 4.69. The minimum absolute atomic E-state index is 0.0199. The van der Waals surface area contributed by atoms with Gasteiger partial charge < -0.3 is 4.74 Å². The molecular weight excluding hydrogens is 390 g/mol. The van der Waals surface area contributed by atoms with E-state index in [-0.39, 0.29) is 16.7 Å². The van der Waals surface area contributed by atoms with E-state index < -0.39 is 10.0 Å². The van der Waals surface area contributed by atoms with E-state index in [1.54, 1.807) is 13.0 Å². The lowest BCUT2D eigenvalue weighted by Crippen LogP contribution is -2.27. The van der Waals surface area contributed by atoms with Gasteiger partial charge in [0.2, 0.25) is 10.0 Å². The quantitative estimate of drug-likeness (QED) is 0.814. The van der Waals surface area contributed by atoms with Gasteiger partial charge in [0.05, 0.1) is 7.11 Å². The normalized spacial score (nSPS) is 12.9. The summed E-state index contributed by atoms with van der Waals surface area (Å²) in [6, 6.07) is 11.5. The van der Waals surface area contributed by atoms with Crippen molar-refractivity contribution in [1.29, 1.82) is 0 Å². The molecule has 0 aromatic heterocycles. The van der Waals surface area contributed by atoms with E-state index >= 15 is 0 Å². The van der Waals surface area contributed by atoms with Gasteiger partial charge in [-0.1, -0.05) is 39.7 Å². The van der Waals surface area contributed by atoms with Gasteiger partial charge in [-0.2, -0.15) is 0 Å². The fourth-order valence-electron chi connectivity index (χ4n) is 1.98. The summed E-state index contributed by atoms with van der Waals surface area (Å²) < 4.78 is 33.8. The van der Waals surface area contributed by atoms with Crippen molar-refractivity contribution in [2.75, 3.05) is 7.11 Å². The van der Waals surface area contributed by atoms with Gasteiger partial charge in [0.25, 0.3) is 0 Å². The van der Waals surface area contributed by atoms with Crippen LogP contribution in [0, 0.1) is 0 Å². The highest BCUT2D eigenvalue weighted by Crippen LogP contribution is 2.28. The molecule has 0 unspecified atom stereocenters. The molecule has 0 spiro atoms. The smallest absolute Gasteiger partial charge is 0.244 e. The van der Waals surface area contributed by atoms with Crippen molar-refractivity contribution in [2.24, 2.45) is 0 Å². The Balaban J connectivity index is 2.31. The van der Waals surface area contributed by atoms with Crippen molar-refractivity contribution < 1.29 is 13.2 Å². The number of halogens is 2. The zero-order chi connectivity index (χ0) is 16.3. The third kappa shape index (κ3) is 4.01. The SMILES string of the molecule is COc1ccc(Cl)cc1S(=O)(=O)N[C@H](C)c1ccc(Br)cc1. The van der Waals surface area contributed by atoms with Crippen molar-refractivity contribution in [3.63, 3.8) is 0 Å². The molecule has 0 saturated heterocycles. The van der Waals surface area contributed by atoms with Crippen molar-refractivity contribution >= 4 is 37.6 Å². The number of ether oxygens (including phenoxy) is 1. The Morgan fingerprint density at radius 3 is 2.41 bits per heavy atom. The Morgan fingerprint density at radius 2 is 1.82 bits per heavy atom. The van der Waals surface area contributed by atoms with Crippen molar-refractivity contribution in [1.82, 2.24) is 4.72 Å². The first-order valence-electron chi connectivity index (χ1n) is 6.45. The molecule has 4 nitrogen and oxygen atoms in total. The molecule has 2 rings (SSSR count). The molecule has 7 heteroatoms. The molecule has 0 fully saturated rings. The van der Waals surface area contributed by atoms with Crippen LogP contribution >= 0.6 is 27.5 Å². The lowest BCUT2D eigenvalue weighted by molar-refractivity contribution is 0.402. The summed E-state index contributed by atoms with van der Waals surface area (Å²) in [6.07, 6.45) is 0. The topological polar surface area (TPSA) is 55.4 Å². The Morgan fingerprint density at radius 1 is 1.18 bits per heavy atom. The number of methoxy groups -OCH3 is 1. The number of hydrogen-bond acceptors (Lipinski definition) is 3. The number of sulfonamides is 1. The summed E-state index contributed by atoms with van der Waals surface area (Å²) in [5.74, 6) is 0.250. The molecule has 1 N–H and O–H groups in total. The molecule has 0 radical (unpaired) electrons. The van der Waals surface area contributed by atoms with Gasteiger partial charge in [-0.05, 0) is 42.8 Å². The van der Waals surface area contributed by atoms with Gasteiger partial charge in [0, 0.05) is 15.5 Å². The van der Waals surface area contributed by atoms with Gasteiger partial charge in [0.15, 0.2) is 0 Å². The van der Waals surface area contributed by atoms with Crippen LogP contribution in [0.5, 0.6) is 5.75 Å². The van der Waals surface area contributed by atoms with E-state index in [0.29, 0.717) is 5.02 Å². The molecule has 1 atom stereocenters. The van der Waals surface area contributed by atoms with Gasteiger partial charge in [-0.25, -0.2) is 13.1 Å². The Bertz CT molecular complexity index is 763. The third-order valence-corrected chi connectivity index (χ3v) is 5.44. The first-order chi connectivity index (χ1) is 10.3. The lowest BCUT2D eigenvalue weighted by atomic mass is 10.1. The number of rotatable bonds is 5. The molecule has 0 aliphatic carbocycles. The van der Waals surface area contributed by atoms with E-state index in [2.05, 4.69) is 20.7 Å². The summed E-state index contributed by atoms with van der Waals surface area (Å²) in [5.41, 5.74) is 0.854.